The number of nitrogens with zero attached hydrogens (tertiary/aromatic N) is 3. The number of para-hydroxylation sites is 2. The van der Waals surface area contributed by atoms with Crippen molar-refractivity contribution in [1.29, 1.82) is 0 Å². The van der Waals surface area contributed by atoms with Crippen molar-refractivity contribution in [2.45, 2.75) is 23.5 Å². The van der Waals surface area contributed by atoms with Crippen LogP contribution in [-0.2, 0) is 21.4 Å². The van der Waals surface area contributed by atoms with Gasteiger partial charge >= 0.3 is 0 Å². The van der Waals surface area contributed by atoms with Gasteiger partial charge in [0, 0.05) is 5.56 Å². The molecular weight excluding hydrogens is 516 g/mol. The number of benzene rings is 3. The molecule has 182 valence electrons. The third kappa shape index (κ3) is 4.69. The molecule has 0 atom stereocenters. The van der Waals surface area contributed by atoms with Crippen LogP contribution in [0.2, 0.25) is 5.02 Å². The van der Waals surface area contributed by atoms with Crippen LogP contribution in [-0.4, -0.2) is 30.0 Å². The van der Waals surface area contributed by atoms with Crippen LogP contribution in [0.3, 0.4) is 0 Å². The maximum absolute atomic E-state index is 13.7. The zero-order valence-corrected chi connectivity index (χ0v) is 21.6. The Bertz CT molecular complexity index is 1580. The van der Waals surface area contributed by atoms with Crippen LogP contribution >= 0.6 is 23.4 Å². The average molecular weight is 537 g/mol. The summed E-state index contributed by atoms with van der Waals surface area (Å²) in [5.41, 5.74) is 4.02. The average Bonchev–Trinajstić information content (AvgIpc) is 2.87. The topological polar surface area (TPSA) is 92.3 Å². The first-order valence-corrected chi connectivity index (χ1v) is 13.9. The number of anilines is 2. The van der Waals surface area contributed by atoms with E-state index in [-0.39, 0.29) is 23.1 Å². The quantitative estimate of drug-likeness (QED) is 0.257. The number of carbonyl (C=O) groups excluding carboxylic acids is 1. The lowest BCUT2D eigenvalue weighted by atomic mass is 10.1. The minimum absolute atomic E-state index is 0.0395. The molecule has 0 fully saturated rings. The number of rotatable bonds is 6. The van der Waals surface area contributed by atoms with Crippen molar-refractivity contribution >= 4 is 50.7 Å². The molecule has 0 spiro atoms. The van der Waals surface area contributed by atoms with Gasteiger partial charge in [0.05, 0.1) is 40.6 Å². The molecule has 0 saturated heterocycles. The van der Waals surface area contributed by atoms with Gasteiger partial charge in [0.15, 0.2) is 5.16 Å². The number of sulfonamides is 1. The van der Waals surface area contributed by atoms with E-state index in [1.54, 1.807) is 36.4 Å². The highest BCUT2D eigenvalue weighted by Gasteiger charge is 2.36. The van der Waals surface area contributed by atoms with Crippen LogP contribution in [0.5, 0.6) is 0 Å². The molecule has 10 heteroatoms. The number of halogens is 1. The molecule has 1 N–H and O–H groups in total. The van der Waals surface area contributed by atoms with Crippen LogP contribution in [0.25, 0.3) is 11.3 Å². The van der Waals surface area contributed by atoms with Crippen molar-refractivity contribution in [3.05, 3.63) is 95.1 Å². The second kappa shape index (κ2) is 9.93. The SMILES string of the molecule is Cc1ccccc1CN1c2ccccc2-c2nc(SCC(=O)Nc3ccccc3Cl)ncc2S1(=O)=O. The zero-order valence-electron chi connectivity index (χ0n) is 19.2. The lowest BCUT2D eigenvalue weighted by molar-refractivity contribution is -0.113. The van der Waals surface area contributed by atoms with E-state index in [9.17, 15) is 13.2 Å². The molecule has 36 heavy (non-hydrogen) atoms. The van der Waals surface area contributed by atoms with Gasteiger partial charge < -0.3 is 5.32 Å². The van der Waals surface area contributed by atoms with Gasteiger partial charge in [0.2, 0.25) is 5.91 Å². The summed E-state index contributed by atoms with van der Waals surface area (Å²) in [6, 6.07) is 21.9. The fraction of sp³-hybridized carbons (Fsp3) is 0.115. The van der Waals surface area contributed by atoms with E-state index in [4.69, 9.17) is 11.6 Å². The van der Waals surface area contributed by atoms with Crippen LogP contribution in [0, 0.1) is 6.92 Å². The Kier molecular flexibility index (Phi) is 6.70. The number of hydrogen-bond donors (Lipinski definition) is 1. The summed E-state index contributed by atoms with van der Waals surface area (Å²) in [6.07, 6.45) is 1.33. The molecule has 0 bridgehead atoms. The Hall–Kier alpha value is -3.40. The Labute approximate surface area is 218 Å². The molecule has 1 amide bonds. The fourth-order valence-corrected chi connectivity index (χ4v) is 6.29. The van der Waals surface area contributed by atoms with Gasteiger partial charge in [-0.25, -0.2) is 18.4 Å². The molecule has 1 aliphatic rings. The number of aryl methyl sites for hydroxylation is 1. The Morgan fingerprint density at radius 3 is 2.56 bits per heavy atom. The Morgan fingerprint density at radius 1 is 1.03 bits per heavy atom. The molecule has 3 aromatic carbocycles. The molecule has 5 rings (SSSR count). The lowest BCUT2D eigenvalue weighted by Gasteiger charge is -2.31. The van der Waals surface area contributed by atoms with Gasteiger partial charge in [-0.15, -0.1) is 0 Å². The van der Waals surface area contributed by atoms with Gasteiger partial charge in [-0.05, 0) is 36.2 Å². The van der Waals surface area contributed by atoms with Gasteiger partial charge in [-0.2, -0.15) is 0 Å². The third-order valence-corrected chi connectivity index (χ3v) is 8.74. The van der Waals surface area contributed by atoms with Crippen LogP contribution < -0.4 is 9.62 Å². The molecule has 2 heterocycles. The highest BCUT2D eigenvalue weighted by atomic mass is 35.5. The first kappa shape index (κ1) is 24.3. The summed E-state index contributed by atoms with van der Waals surface area (Å²) >= 11 is 7.22. The van der Waals surface area contributed by atoms with E-state index in [0.29, 0.717) is 32.8 Å². The van der Waals surface area contributed by atoms with E-state index in [1.807, 2.05) is 43.3 Å². The highest BCUT2D eigenvalue weighted by Crippen LogP contribution is 2.43. The summed E-state index contributed by atoms with van der Waals surface area (Å²) in [4.78, 5) is 21.3. The zero-order chi connectivity index (χ0) is 25.3. The Balaban J connectivity index is 1.43. The van der Waals surface area contributed by atoms with Crippen molar-refractivity contribution in [3.8, 4) is 11.3 Å². The van der Waals surface area contributed by atoms with E-state index >= 15 is 0 Å². The van der Waals surface area contributed by atoms with Crippen molar-refractivity contribution in [2.24, 2.45) is 0 Å². The van der Waals surface area contributed by atoms with E-state index in [1.165, 1.54) is 10.5 Å². The summed E-state index contributed by atoms with van der Waals surface area (Å²) < 4.78 is 28.7. The van der Waals surface area contributed by atoms with Crippen LogP contribution in [0.1, 0.15) is 11.1 Å². The minimum atomic E-state index is -3.90. The Morgan fingerprint density at radius 2 is 1.75 bits per heavy atom. The normalized spacial score (nSPS) is 13.6. The lowest BCUT2D eigenvalue weighted by Crippen LogP contribution is -2.34. The maximum atomic E-state index is 13.7. The van der Waals surface area contributed by atoms with Crippen molar-refractivity contribution in [1.82, 2.24) is 9.97 Å². The largest absolute Gasteiger partial charge is 0.324 e. The number of carbonyl (C=O) groups is 1. The fourth-order valence-electron chi connectivity index (χ4n) is 3.94. The van der Waals surface area contributed by atoms with E-state index in [0.717, 1.165) is 22.9 Å². The van der Waals surface area contributed by atoms with Crippen LogP contribution in [0.15, 0.2) is 89.0 Å². The predicted molar refractivity (Wildman–Crippen MR) is 143 cm³/mol. The molecule has 0 saturated carbocycles. The third-order valence-electron chi connectivity index (χ3n) is 5.78. The monoisotopic (exact) mass is 536 g/mol. The molecule has 0 unspecified atom stereocenters. The van der Waals surface area contributed by atoms with Crippen LogP contribution in [0.4, 0.5) is 11.4 Å². The van der Waals surface area contributed by atoms with Crippen molar-refractivity contribution < 1.29 is 13.2 Å². The van der Waals surface area contributed by atoms with Gasteiger partial charge in [-0.3, -0.25) is 9.10 Å². The highest BCUT2D eigenvalue weighted by molar-refractivity contribution is 7.99. The molecule has 1 aromatic heterocycles. The molecule has 0 radical (unpaired) electrons. The summed E-state index contributed by atoms with van der Waals surface area (Å²) in [5.74, 6) is -0.232. The smallest absolute Gasteiger partial charge is 0.268 e. The molecular formula is C26H21ClN4O3S2. The number of fused-ring (bicyclic) bond motifs is 3. The van der Waals surface area contributed by atoms with Crippen molar-refractivity contribution in [2.75, 3.05) is 15.4 Å². The maximum Gasteiger partial charge on any atom is 0.268 e. The van der Waals surface area contributed by atoms with E-state index < -0.39 is 10.0 Å². The summed E-state index contributed by atoms with van der Waals surface area (Å²) in [6.45, 7) is 2.16. The van der Waals surface area contributed by atoms with Gasteiger partial charge in [0.25, 0.3) is 10.0 Å². The number of hydrogen-bond acceptors (Lipinski definition) is 6. The second-order valence-corrected chi connectivity index (χ2v) is 11.3. The predicted octanol–water partition coefficient (Wildman–Crippen LogP) is 5.55. The number of amides is 1. The second-order valence-electron chi connectivity index (χ2n) is 8.14. The standard InChI is InChI=1S/C26H21ClN4O3S2/c1-17-8-2-3-9-18(17)15-31-22-13-7-4-10-19(22)25-23(36(31,33)34)14-28-26(30-25)35-16-24(32)29-21-12-6-5-11-20(21)27/h2-14H,15-16H2,1H3,(H,29,32). The number of nitrogens with one attached hydrogen (secondary N) is 1. The molecule has 4 aromatic rings. The minimum Gasteiger partial charge on any atom is -0.324 e. The summed E-state index contributed by atoms with van der Waals surface area (Å²) in [5, 5.41) is 3.50. The van der Waals surface area contributed by atoms with Gasteiger partial charge in [0.1, 0.15) is 4.90 Å². The first-order valence-electron chi connectivity index (χ1n) is 11.1. The number of thioether (sulfide) groups is 1. The van der Waals surface area contributed by atoms with E-state index in [2.05, 4.69) is 15.3 Å². The van der Waals surface area contributed by atoms with Gasteiger partial charge in [-0.1, -0.05) is 78.0 Å². The molecule has 0 aliphatic carbocycles. The van der Waals surface area contributed by atoms with Crippen molar-refractivity contribution in [3.63, 3.8) is 0 Å². The number of aromatic nitrogens is 2. The summed E-state index contributed by atoms with van der Waals surface area (Å²) in [7, 11) is -3.90. The molecule has 7 nitrogen and oxygen atoms in total. The first-order chi connectivity index (χ1) is 17.3. The molecule has 1 aliphatic heterocycles.